The Bertz CT molecular complexity index is 631. The van der Waals surface area contributed by atoms with Crippen LogP contribution < -0.4 is 5.73 Å². The molecule has 1 aliphatic heterocycles. The third-order valence-electron chi connectivity index (χ3n) is 3.82. The average molecular weight is 336 g/mol. The molecule has 0 amide bonds. The van der Waals surface area contributed by atoms with E-state index in [0.29, 0.717) is 19.4 Å². The molecule has 1 fully saturated rings. The molecule has 22 heavy (non-hydrogen) atoms. The van der Waals surface area contributed by atoms with Gasteiger partial charge < -0.3 is 5.73 Å². The molecule has 0 bridgehead atoms. The normalized spacial score (nSPS) is 24.4. The van der Waals surface area contributed by atoms with Crippen LogP contribution in [0, 0.1) is 0 Å². The van der Waals surface area contributed by atoms with Crippen molar-refractivity contribution in [2.24, 2.45) is 5.73 Å². The lowest BCUT2D eigenvalue weighted by atomic mass is 10.0. The summed E-state index contributed by atoms with van der Waals surface area (Å²) in [6.45, 7) is 2.08. The van der Waals surface area contributed by atoms with Gasteiger partial charge in [0.25, 0.3) is 0 Å². The van der Waals surface area contributed by atoms with Crippen LogP contribution in [0.4, 0.5) is 13.2 Å². The second-order valence-electron chi connectivity index (χ2n) is 5.70. The quantitative estimate of drug-likeness (QED) is 0.921. The van der Waals surface area contributed by atoms with Crippen LogP contribution in [0.15, 0.2) is 24.3 Å². The first-order chi connectivity index (χ1) is 10.1. The Balaban J connectivity index is 2.19. The van der Waals surface area contributed by atoms with Gasteiger partial charge in [-0.15, -0.1) is 0 Å². The highest BCUT2D eigenvalue weighted by Crippen LogP contribution is 2.30. The summed E-state index contributed by atoms with van der Waals surface area (Å²) in [5.74, 6) is -0.434. The van der Waals surface area contributed by atoms with Crippen LogP contribution in [0.1, 0.15) is 30.9 Å². The molecule has 1 heterocycles. The molecule has 2 atom stereocenters. The highest BCUT2D eigenvalue weighted by Gasteiger charge is 2.34. The van der Waals surface area contributed by atoms with Crippen LogP contribution in [0.3, 0.4) is 0 Å². The highest BCUT2D eigenvalue weighted by atomic mass is 32.2. The number of hydrogen-bond acceptors (Lipinski definition) is 3. The lowest BCUT2D eigenvalue weighted by molar-refractivity contribution is -0.137. The molecule has 0 aliphatic carbocycles. The number of benzene rings is 1. The fourth-order valence-electron chi connectivity index (χ4n) is 2.73. The van der Waals surface area contributed by atoms with Crippen molar-refractivity contribution < 1.29 is 21.6 Å². The maximum absolute atomic E-state index is 12.7. The minimum absolute atomic E-state index is 0.0324. The summed E-state index contributed by atoms with van der Waals surface area (Å²) in [6, 6.07) is 4.17. The Hall–Kier alpha value is -1.12. The topological polar surface area (TPSA) is 63.4 Å². The molecule has 8 heteroatoms. The van der Waals surface area contributed by atoms with E-state index in [1.54, 1.807) is 6.92 Å². The van der Waals surface area contributed by atoms with Gasteiger partial charge in [-0.1, -0.05) is 18.2 Å². The van der Waals surface area contributed by atoms with Crippen molar-refractivity contribution in [3.63, 3.8) is 0 Å². The van der Waals surface area contributed by atoms with Crippen molar-refractivity contribution in [2.75, 3.05) is 6.54 Å². The van der Waals surface area contributed by atoms with Crippen LogP contribution in [0.5, 0.6) is 0 Å². The van der Waals surface area contributed by atoms with E-state index < -0.39 is 27.5 Å². The van der Waals surface area contributed by atoms with Gasteiger partial charge in [0.05, 0.1) is 11.3 Å². The lowest BCUT2D eigenvalue weighted by Crippen LogP contribution is -2.48. The predicted molar refractivity (Wildman–Crippen MR) is 77.4 cm³/mol. The number of alkyl halides is 3. The standard InChI is InChI=1S/C14H19F3N2O2S/c1-10-7-13(18)5-6-19(10)22(20,21)9-11-3-2-4-12(8-11)14(15,16)17/h2-4,8,10,13H,5-7,9,18H2,1H3/t10-,13-/m1/s1. The molecule has 2 N–H and O–H groups in total. The number of hydrogen-bond donors (Lipinski definition) is 1. The first kappa shape index (κ1) is 17.2. The molecule has 0 spiro atoms. The fraction of sp³-hybridized carbons (Fsp3) is 0.571. The van der Waals surface area contributed by atoms with E-state index in [1.165, 1.54) is 16.4 Å². The molecule has 0 unspecified atom stereocenters. The number of nitrogens with zero attached hydrogens (tertiary/aromatic N) is 1. The van der Waals surface area contributed by atoms with E-state index in [9.17, 15) is 21.6 Å². The highest BCUT2D eigenvalue weighted by molar-refractivity contribution is 7.88. The zero-order valence-corrected chi connectivity index (χ0v) is 13.0. The summed E-state index contributed by atoms with van der Waals surface area (Å²) < 4.78 is 64.3. The van der Waals surface area contributed by atoms with Gasteiger partial charge >= 0.3 is 6.18 Å². The zero-order valence-electron chi connectivity index (χ0n) is 12.2. The van der Waals surface area contributed by atoms with Crippen molar-refractivity contribution >= 4 is 10.0 Å². The molecule has 4 nitrogen and oxygen atoms in total. The summed E-state index contributed by atoms with van der Waals surface area (Å²) in [7, 11) is -3.66. The minimum Gasteiger partial charge on any atom is -0.328 e. The molecule has 124 valence electrons. The number of piperidine rings is 1. The number of nitrogens with two attached hydrogens (primary N) is 1. The first-order valence-electron chi connectivity index (χ1n) is 7.01. The summed E-state index contributed by atoms with van der Waals surface area (Å²) >= 11 is 0. The maximum Gasteiger partial charge on any atom is 0.416 e. The second-order valence-corrected chi connectivity index (χ2v) is 7.62. The molecule has 1 aliphatic rings. The van der Waals surface area contributed by atoms with Crippen molar-refractivity contribution in [2.45, 2.75) is 43.8 Å². The third kappa shape index (κ3) is 3.99. The van der Waals surface area contributed by atoms with E-state index in [-0.39, 0.29) is 17.6 Å². The van der Waals surface area contributed by atoms with Crippen molar-refractivity contribution in [3.05, 3.63) is 35.4 Å². The SMILES string of the molecule is C[C@@H]1C[C@H](N)CCN1S(=O)(=O)Cc1cccc(C(F)(F)F)c1. The van der Waals surface area contributed by atoms with Gasteiger partial charge in [0.2, 0.25) is 10.0 Å². The molecule has 1 aromatic carbocycles. The summed E-state index contributed by atoms with van der Waals surface area (Å²) in [4.78, 5) is 0. The number of rotatable bonds is 3. The van der Waals surface area contributed by atoms with Gasteiger partial charge in [-0.3, -0.25) is 0 Å². The third-order valence-corrected chi connectivity index (χ3v) is 5.77. The largest absolute Gasteiger partial charge is 0.416 e. The number of halogens is 3. The Kier molecular flexibility index (Phi) is 4.84. The van der Waals surface area contributed by atoms with E-state index in [0.717, 1.165) is 12.1 Å². The summed E-state index contributed by atoms with van der Waals surface area (Å²) in [5.41, 5.74) is 5.10. The molecule has 0 aromatic heterocycles. The fourth-order valence-corrected chi connectivity index (χ4v) is 4.52. The average Bonchev–Trinajstić information content (AvgIpc) is 2.36. The molecule has 1 aromatic rings. The van der Waals surface area contributed by atoms with Gasteiger partial charge in [-0.25, -0.2) is 8.42 Å². The van der Waals surface area contributed by atoms with Crippen molar-refractivity contribution in [1.29, 1.82) is 0 Å². The minimum atomic E-state index is -4.48. The second kappa shape index (κ2) is 6.17. The van der Waals surface area contributed by atoms with Crippen molar-refractivity contribution in [3.8, 4) is 0 Å². The zero-order chi connectivity index (χ0) is 16.5. The molecular weight excluding hydrogens is 317 g/mol. The molecule has 0 radical (unpaired) electrons. The van der Waals surface area contributed by atoms with E-state index >= 15 is 0 Å². The van der Waals surface area contributed by atoms with Crippen LogP contribution in [0.2, 0.25) is 0 Å². The Morgan fingerprint density at radius 3 is 2.64 bits per heavy atom. The van der Waals surface area contributed by atoms with E-state index in [1.807, 2.05) is 0 Å². The Morgan fingerprint density at radius 2 is 2.05 bits per heavy atom. The van der Waals surface area contributed by atoms with Crippen LogP contribution >= 0.6 is 0 Å². The van der Waals surface area contributed by atoms with E-state index in [4.69, 9.17) is 5.73 Å². The van der Waals surface area contributed by atoms with Gasteiger partial charge in [0.1, 0.15) is 0 Å². The van der Waals surface area contributed by atoms with Crippen LogP contribution in [-0.4, -0.2) is 31.4 Å². The molecule has 1 saturated heterocycles. The molecule has 0 saturated carbocycles. The molecule has 2 rings (SSSR count). The predicted octanol–water partition coefficient (Wildman–Crippen LogP) is 2.35. The first-order valence-corrected chi connectivity index (χ1v) is 8.62. The van der Waals surface area contributed by atoms with Gasteiger partial charge in [-0.05, 0) is 31.4 Å². The number of sulfonamides is 1. The van der Waals surface area contributed by atoms with E-state index in [2.05, 4.69) is 0 Å². The molecular formula is C14H19F3N2O2S. The van der Waals surface area contributed by atoms with Crippen LogP contribution in [-0.2, 0) is 22.0 Å². The monoisotopic (exact) mass is 336 g/mol. The van der Waals surface area contributed by atoms with Gasteiger partial charge in [0, 0.05) is 18.6 Å². The van der Waals surface area contributed by atoms with Gasteiger partial charge in [0.15, 0.2) is 0 Å². The smallest absolute Gasteiger partial charge is 0.328 e. The lowest BCUT2D eigenvalue weighted by Gasteiger charge is -2.35. The van der Waals surface area contributed by atoms with Crippen LogP contribution in [0.25, 0.3) is 0 Å². The maximum atomic E-state index is 12.7. The Morgan fingerprint density at radius 1 is 1.36 bits per heavy atom. The van der Waals surface area contributed by atoms with Crippen molar-refractivity contribution in [1.82, 2.24) is 4.31 Å². The summed E-state index contributed by atoms with van der Waals surface area (Å²) in [6.07, 6.45) is -3.36. The Labute approximate surface area is 128 Å². The van der Waals surface area contributed by atoms with Gasteiger partial charge in [-0.2, -0.15) is 17.5 Å². The summed E-state index contributed by atoms with van der Waals surface area (Å²) in [5, 5.41) is 0.